The number of furan rings is 1. The Hall–Kier alpha value is -1.82. The van der Waals surface area contributed by atoms with E-state index in [1.54, 1.807) is 0 Å². The molecule has 6 heteroatoms. The first-order chi connectivity index (χ1) is 8.42. The maximum atomic E-state index is 11.9. The summed E-state index contributed by atoms with van der Waals surface area (Å²) in [6.07, 6.45) is 0.627. The zero-order valence-electron chi connectivity index (χ0n) is 10.2. The minimum atomic E-state index is -1.20. The van der Waals surface area contributed by atoms with E-state index in [2.05, 4.69) is 5.32 Å². The molecule has 1 saturated heterocycles. The van der Waals surface area contributed by atoms with E-state index in [-0.39, 0.29) is 17.6 Å². The third-order valence-corrected chi connectivity index (χ3v) is 3.33. The van der Waals surface area contributed by atoms with E-state index >= 15 is 0 Å². The number of carbonyl (C=O) groups excluding carboxylic acids is 1. The Bertz CT molecular complexity index is 481. The van der Waals surface area contributed by atoms with E-state index in [1.807, 2.05) is 13.8 Å². The van der Waals surface area contributed by atoms with Crippen molar-refractivity contribution in [2.75, 3.05) is 6.61 Å². The van der Waals surface area contributed by atoms with Gasteiger partial charge in [-0.25, -0.2) is 4.79 Å². The smallest absolute Gasteiger partial charge is 0.371 e. The van der Waals surface area contributed by atoms with Crippen LogP contribution in [0.15, 0.2) is 16.5 Å². The van der Waals surface area contributed by atoms with Crippen molar-refractivity contribution in [2.24, 2.45) is 0 Å². The minimum absolute atomic E-state index is 0.00674. The van der Waals surface area contributed by atoms with Crippen LogP contribution in [-0.2, 0) is 4.74 Å². The van der Waals surface area contributed by atoms with Crippen molar-refractivity contribution in [2.45, 2.75) is 31.9 Å². The van der Waals surface area contributed by atoms with Gasteiger partial charge in [-0.05, 0) is 32.4 Å². The lowest BCUT2D eigenvalue weighted by Gasteiger charge is -2.28. The number of hydrogen-bond acceptors (Lipinski definition) is 4. The van der Waals surface area contributed by atoms with Crippen LogP contribution in [-0.4, -0.2) is 35.2 Å². The molecule has 0 aromatic carbocycles. The Morgan fingerprint density at radius 3 is 2.61 bits per heavy atom. The van der Waals surface area contributed by atoms with Gasteiger partial charge in [0.1, 0.15) is 0 Å². The van der Waals surface area contributed by atoms with Gasteiger partial charge in [-0.3, -0.25) is 4.79 Å². The van der Waals surface area contributed by atoms with Crippen molar-refractivity contribution < 1.29 is 23.8 Å². The number of carbonyl (C=O) groups is 2. The second-order valence-electron chi connectivity index (χ2n) is 4.60. The normalized spacial score (nSPS) is 27.1. The Labute approximate surface area is 104 Å². The fourth-order valence-corrected chi connectivity index (χ4v) is 1.89. The van der Waals surface area contributed by atoms with E-state index < -0.39 is 17.4 Å². The number of carboxylic acid groups (broad SMARTS) is 1. The van der Waals surface area contributed by atoms with Crippen molar-refractivity contribution in [1.82, 2.24) is 5.32 Å². The number of rotatable bonds is 3. The Morgan fingerprint density at radius 2 is 2.11 bits per heavy atom. The monoisotopic (exact) mass is 253 g/mol. The van der Waals surface area contributed by atoms with Gasteiger partial charge in [0.2, 0.25) is 5.76 Å². The predicted octanol–water partition coefficient (Wildman–Crippen LogP) is 1.28. The van der Waals surface area contributed by atoms with Gasteiger partial charge in [0, 0.05) is 6.61 Å². The van der Waals surface area contributed by atoms with Crippen molar-refractivity contribution in [3.05, 3.63) is 23.7 Å². The number of carboxylic acids is 1. The van der Waals surface area contributed by atoms with Gasteiger partial charge >= 0.3 is 5.97 Å². The van der Waals surface area contributed by atoms with Crippen LogP contribution in [0.1, 0.15) is 41.4 Å². The van der Waals surface area contributed by atoms with E-state index in [1.165, 1.54) is 12.1 Å². The highest BCUT2D eigenvalue weighted by molar-refractivity contribution is 5.94. The first-order valence-corrected chi connectivity index (χ1v) is 5.69. The van der Waals surface area contributed by atoms with Gasteiger partial charge in [0.25, 0.3) is 5.91 Å². The van der Waals surface area contributed by atoms with Crippen molar-refractivity contribution in [3.8, 4) is 0 Å². The zero-order valence-corrected chi connectivity index (χ0v) is 10.2. The number of hydrogen-bond donors (Lipinski definition) is 2. The van der Waals surface area contributed by atoms with Gasteiger partial charge in [0.15, 0.2) is 5.76 Å². The summed E-state index contributed by atoms with van der Waals surface area (Å²) < 4.78 is 10.4. The molecule has 1 amide bonds. The lowest BCUT2D eigenvalue weighted by atomic mass is 9.94. The molecule has 1 aliphatic rings. The Morgan fingerprint density at radius 1 is 1.44 bits per heavy atom. The van der Waals surface area contributed by atoms with Crippen molar-refractivity contribution >= 4 is 11.9 Å². The molecular formula is C12H15NO5. The average molecular weight is 253 g/mol. The molecule has 1 aromatic heterocycles. The lowest BCUT2D eigenvalue weighted by molar-refractivity contribution is 0.0651. The SMILES string of the molecule is CC1OCCC1(C)NC(=O)c1ccc(C(=O)O)o1. The highest BCUT2D eigenvalue weighted by Crippen LogP contribution is 2.25. The molecule has 2 atom stereocenters. The summed E-state index contributed by atoms with van der Waals surface area (Å²) in [7, 11) is 0. The van der Waals surface area contributed by atoms with E-state index in [9.17, 15) is 9.59 Å². The third-order valence-electron chi connectivity index (χ3n) is 3.33. The summed E-state index contributed by atoms with van der Waals surface area (Å²) in [6, 6.07) is 2.61. The van der Waals surface area contributed by atoms with Gasteiger partial charge < -0.3 is 19.6 Å². The molecule has 1 aromatic rings. The molecule has 0 spiro atoms. The molecule has 2 heterocycles. The van der Waals surface area contributed by atoms with Gasteiger partial charge in [-0.2, -0.15) is 0 Å². The molecule has 2 rings (SSSR count). The van der Waals surface area contributed by atoms with E-state index in [0.717, 1.165) is 0 Å². The molecular weight excluding hydrogens is 238 g/mol. The van der Waals surface area contributed by atoms with Crippen LogP contribution in [0.4, 0.5) is 0 Å². The largest absolute Gasteiger partial charge is 0.475 e. The van der Waals surface area contributed by atoms with Crippen LogP contribution in [0, 0.1) is 0 Å². The van der Waals surface area contributed by atoms with Crippen LogP contribution in [0.2, 0.25) is 0 Å². The van der Waals surface area contributed by atoms with Gasteiger partial charge in [-0.15, -0.1) is 0 Å². The van der Waals surface area contributed by atoms with Gasteiger partial charge in [0.05, 0.1) is 11.6 Å². The van der Waals surface area contributed by atoms with Crippen molar-refractivity contribution in [3.63, 3.8) is 0 Å². The summed E-state index contributed by atoms with van der Waals surface area (Å²) in [6.45, 7) is 4.37. The molecule has 18 heavy (non-hydrogen) atoms. The summed E-state index contributed by atoms with van der Waals surface area (Å²) >= 11 is 0. The molecule has 0 bridgehead atoms. The summed E-state index contributed by atoms with van der Waals surface area (Å²) in [5.41, 5.74) is -0.451. The van der Waals surface area contributed by atoms with Crippen LogP contribution in [0.3, 0.4) is 0 Å². The number of amides is 1. The van der Waals surface area contributed by atoms with Crippen LogP contribution >= 0.6 is 0 Å². The zero-order chi connectivity index (χ0) is 13.3. The highest BCUT2D eigenvalue weighted by atomic mass is 16.5. The average Bonchev–Trinajstić information content (AvgIpc) is 2.87. The maximum absolute atomic E-state index is 11.9. The Balaban J connectivity index is 2.09. The first kappa shape index (κ1) is 12.6. The summed E-state index contributed by atoms with van der Waals surface area (Å²) in [5.74, 6) is -1.88. The van der Waals surface area contributed by atoms with Crippen LogP contribution < -0.4 is 5.32 Å². The highest BCUT2D eigenvalue weighted by Gasteiger charge is 2.38. The maximum Gasteiger partial charge on any atom is 0.371 e. The third kappa shape index (κ3) is 2.24. The summed E-state index contributed by atoms with van der Waals surface area (Å²) in [4.78, 5) is 22.6. The molecule has 2 unspecified atom stereocenters. The molecule has 2 N–H and O–H groups in total. The molecule has 0 saturated carbocycles. The van der Waals surface area contributed by atoms with Crippen LogP contribution in [0.25, 0.3) is 0 Å². The molecule has 0 aliphatic carbocycles. The number of aromatic carboxylic acids is 1. The van der Waals surface area contributed by atoms with E-state index in [0.29, 0.717) is 13.0 Å². The van der Waals surface area contributed by atoms with E-state index in [4.69, 9.17) is 14.3 Å². The topological polar surface area (TPSA) is 88.8 Å². The molecule has 1 fully saturated rings. The molecule has 98 valence electrons. The standard InChI is InChI=1S/C12H15NO5/c1-7-12(2,5-6-17-7)13-10(14)8-3-4-9(18-8)11(15)16/h3-4,7H,5-6H2,1-2H3,(H,13,14)(H,15,16). The summed E-state index contributed by atoms with van der Waals surface area (Å²) in [5, 5.41) is 11.5. The van der Waals surface area contributed by atoms with Crippen LogP contribution in [0.5, 0.6) is 0 Å². The van der Waals surface area contributed by atoms with Gasteiger partial charge in [-0.1, -0.05) is 0 Å². The lowest BCUT2D eigenvalue weighted by Crippen LogP contribution is -2.50. The number of ether oxygens (including phenoxy) is 1. The fourth-order valence-electron chi connectivity index (χ4n) is 1.89. The fraction of sp³-hybridized carbons (Fsp3) is 0.500. The number of nitrogens with one attached hydrogen (secondary N) is 1. The molecule has 1 aliphatic heterocycles. The quantitative estimate of drug-likeness (QED) is 0.846. The predicted molar refractivity (Wildman–Crippen MR) is 61.6 cm³/mol. The minimum Gasteiger partial charge on any atom is -0.475 e. The second kappa shape index (κ2) is 4.45. The van der Waals surface area contributed by atoms with Crippen molar-refractivity contribution in [1.29, 1.82) is 0 Å². The first-order valence-electron chi connectivity index (χ1n) is 5.69. The molecule has 6 nitrogen and oxygen atoms in total. The molecule has 0 radical (unpaired) electrons. The second-order valence-corrected chi connectivity index (χ2v) is 4.60. The Kier molecular flexibility index (Phi) is 3.13.